The summed E-state index contributed by atoms with van der Waals surface area (Å²) in [7, 11) is 0. The molecular weight excluding hydrogens is 300 g/mol. The van der Waals surface area contributed by atoms with Gasteiger partial charge in [-0.15, -0.1) is 0 Å². The van der Waals surface area contributed by atoms with E-state index in [0.29, 0.717) is 22.0 Å². The van der Waals surface area contributed by atoms with Crippen LogP contribution in [0.15, 0.2) is 59.2 Å². The first-order valence-electron chi connectivity index (χ1n) is 6.71. The monoisotopic (exact) mass is 312 g/mol. The molecule has 22 heavy (non-hydrogen) atoms. The average Bonchev–Trinajstić information content (AvgIpc) is 2.76. The second-order valence-electron chi connectivity index (χ2n) is 4.91. The molecule has 1 N–H and O–H groups in total. The number of hydrazone groups is 1. The smallest absolute Gasteiger partial charge is 0.280 e. The Hall–Kier alpha value is -2.59. The summed E-state index contributed by atoms with van der Waals surface area (Å²) >= 11 is 6.13. The van der Waals surface area contributed by atoms with Gasteiger partial charge in [0.05, 0.1) is 22.0 Å². The van der Waals surface area contributed by atoms with E-state index in [9.17, 15) is 9.90 Å². The lowest BCUT2D eigenvalue weighted by Gasteiger charge is -2.13. The van der Waals surface area contributed by atoms with E-state index in [1.807, 2.05) is 6.07 Å². The van der Waals surface area contributed by atoms with Crippen molar-refractivity contribution in [3.8, 4) is 5.75 Å². The third-order valence-corrected chi connectivity index (χ3v) is 3.64. The van der Waals surface area contributed by atoms with E-state index in [1.165, 1.54) is 5.01 Å². The highest BCUT2D eigenvalue weighted by molar-refractivity contribution is 6.37. The Morgan fingerprint density at radius 2 is 1.95 bits per heavy atom. The summed E-state index contributed by atoms with van der Waals surface area (Å²) in [5, 5.41) is 15.6. The van der Waals surface area contributed by atoms with E-state index >= 15 is 0 Å². The summed E-state index contributed by atoms with van der Waals surface area (Å²) in [5.41, 5.74) is 2.37. The van der Waals surface area contributed by atoms with E-state index in [-0.39, 0.29) is 11.7 Å². The molecule has 3 rings (SSSR count). The number of phenols is 1. The highest BCUT2D eigenvalue weighted by Crippen LogP contribution is 2.30. The molecule has 0 aliphatic carbocycles. The van der Waals surface area contributed by atoms with Crippen molar-refractivity contribution in [1.29, 1.82) is 0 Å². The Labute approximate surface area is 133 Å². The first-order valence-corrected chi connectivity index (χ1v) is 7.09. The zero-order chi connectivity index (χ0) is 15.7. The molecule has 0 unspecified atom stereocenters. The second kappa shape index (κ2) is 5.66. The summed E-state index contributed by atoms with van der Waals surface area (Å²) in [4.78, 5) is 12.6. The van der Waals surface area contributed by atoms with Crippen LogP contribution in [0.2, 0.25) is 5.02 Å². The van der Waals surface area contributed by atoms with Crippen molar-refractivity contribution in [2.45, 2.75) is 6.92 Å². The number of anilines is 1. The highest BCUT2D eigenvalue weighted by Gasteiger charge is 2.29. The summed E-state index contributed by atoms with van der Waals surface area (Å²) in [5.74, 6) is -0.0914. The number of benzene rings is 2. The third kappa shape index (κ3) is 2.61. The predicted molar refractivity (Wildman–Crippen MR) is 88.1 cm³/mol. The predicted octanol–water partition coefficient (Wildman–Crippen LogP) is 3.85. The molecule has 1 aliphatic rings. The van der Waals surface area contributed by atoms with Gasteiger partial charge in [-0.2, -0.15) is 10.1 Å². The second-order valence-corrected chi connectivity index (χ2v) is 5.31. The van der Waals surface area contributed by atoms with E-state index in [1.54, 1.807) is 55.5 Å². The fraction of sp³-hybridized carbons (Fsp3) is 0.0588. The van der Waals surface area contributed by atoms with E-state index in [0.717, 1.165) is 5.56 Å². The van der Waals surface area contributed by atoms with Crippen molar-refractivity contribution >= 4 is 35.0 Å². The zero-order valence-electron chi connectivity index (χ0n) is 11.8. The summed E-state index contributed by atoms with van der Waals surface area (Å²) < 4.78 is 0. The van der Waals surface area contributed by atoms with Gasteiger partial charge in [-0.1, -0.05) is 35.9 Å². The van der Waals surface area contributed by atoms with Crippen LogP contribution in [-0.4, -0.2) is 16.7 Å². The molecule has 1 heterocycles. The Balaban J connectivity index is 1.99. The number of amides is 1. The number of carbonyl (C=O) groups excluding carboxylic acids is 1. The number of carbonyl (C=O) groups is 1. The lowest BCUT2D eigenvalue weighted by molar-refractivity contribution is -0.114. The molecule has 0 saturated carbocycles. The molecule has 0 radical (unpaired) electrons. The van der Waals surface area contributed by atoms with Crippen LogP contribution in [0.4, 0.5) is 5.69 Å². The number of aromatic hydroxyl groups is 1. The van der Waals surface area contributed by atoms with Crippen molar-refractivity contribution in [1.82, 2.24) is 0 Å². The Morgan fingerprint density at radius 3 is 2.68 bits per heavy atom. The Bertz CT molecular complexity index is 812. The van der Waals surface area contributed by atoms with Gasteiger partial charge in [0.2, 0.25) is 0 Å². The summed E-state index contributed by atoms with van der Waals surface area (Å²) in [6, 6.07) is 13.8. The minimum atomic E-state index is -0.242. The standard InChI is InChI=1S/C17H13ClN2O2/c1-11-14(10-12-5-4-6-13(21)9-12)17(22)20(19-11)16-8-3-2-7-15(16)18/h2-10,21H,1H3/b14-10-. The van der Waals surface area contributed by atoms with Crippen LogP contribution in [0.1, 0.15) is 12.5 Å². The maximum Gasteiger partial charge on any atom is 0.280 e. The molecule has 0 atom stereocenters. The number of nitrogens with zero attached hydrogens (tertiary/aromatic N) is 2. The Kier molecular flexibility index (Phi) is 3.69. The van der Waals surface area contributed by atoms with Gasteiger partial charge >= 0.3 is 0 Å². The van der Waals surface area contributed by atoms with Crippen LogP contribution < -0.4 is 5.01 Å². The van der Waals surface area contributed by atoms with Crippen LogP contribution in [0.25, 0.3) is 6.08 Å². The quantitative estimate of drug-likeness (QED) is 0.856. The van der Waals surface area contributed by atoms with Gasteiger partial charge in [-0.3, -0.25) is 4.79 Å². The maximum atomic E-state index is 12.6. The lowest BCUT2D eigenvalue weighted by atomic mass is 10.1. The van der Waals surface area contributed by atoms with Crippen LogP contribution in [0.5, 0.6) is 5.75 Å². The molecule has 5 heteroatoms. The number of para-hydroxylation sites is 1. The van der Waals surface area contributed by atoms with Crippen LogP contribution in [0.3, 0.4) is 0 Å². The third-order valence-electron chi connectivity index (χ3n) is 3.32. The van der Waals surface area contributed by atoms with E-state index < -0.39 is 0 Å². The van der Waals surface area contributed by atoms with Crippen molar-refractivity contribution < 1.29 is 9.90 Å². The van der Waals surface area contributed by atoms with Crippen molar-refractivity contribution in [2.75, 3.05) is 5.01 Å². The molecule has 4 nitrogen and oxygen atoms in total. The molecule has 0 bridgehead atoms. The van der Waals surface area contributed by atoms with Crippen molar-refractivity contribution in [2.24, 2.45) is 5.10 Å². The van der Waals surface area contributed by atoms with Crippen molar-refractivity contribution in [3.63, 3.8) is 0 Å². The molecule has 2 aromatic carbocycles. The first kappa shape index (κ1) is 14.4. The maximum absolute atomic E-state index is 12.6. The largest absolute Gasteiger partial charge is 0.508 e. The molecular formula is C17H13ClN2O2. The molecule has 110 valence electrons. The molecule has 0 spiro atoms. The Morgan fingerprint density at radius 1 is 1.18 bits per heavy atom. The van der Waals surface area contributed by atoms with Gasteiger partial charge in [0, 0.05) is 0 Å². The molecule has 0 aromatic heterocycles. The SMILES string of the molecule is CC1=NN(c2ccccc2Cl)C(=O)/C1=C\c1cccc(O)c1. The van der Waals surface area contributed by atoms with Gasteiger partial charge in [-0.05, 0) is 42.8 Å². The van der Waals surface area contributed by atoms with Crippen LogP contribution in [0, 0.1) is 0 Å². The zero-order valence-corrected chi connectivity index (χ0v) is 12.6. The van der Waals surface area contributed by atoms with Gasteiger partial charge < -0.3 is 5.11 Å². The molecule has 0 saturated heterocycles. The fourth-order valence-corrected chi connectivity index (χ4v) is 2.47. The number of rotatable bonds is 2. The van der Waals surface area contributed by atoms with Crippen LogP contribution in [-0.2, 0) is 4.79 Å². The minimum Gasteiger partial charge on any atom is -0.508 e. The number of phenolic OH excluding ortho intramolecular Hbond substituents is 1. The summed E-state index contributed by atoms with van der Waals surface area (Å²) in [6.45, 7) is 1.77. The van der Waals surface area contributed by atoms with Gasteiger partial charge in [-0.25, -0.2) is 0 Å². The fourth-order valence-electron chi connectivity index (χ4n) is 2.25. The average molecular weight is 313 g/mol. The van der Waals surface area contributed by atoms with E-state index in [2.05, 4.69) is 5.10 Å². The van der Waals surface area contributed by atoms with Crippen molar-refractivity contribution in [3.05, 3.63) is 64.7 Å². The molecule has 1 amide bonds. The topological polar surface area (TPSA) is 52.9 Å². The minimum absolute atomic E-state index is 0.150. The van der Waals surface area contributed by atoms with Gasteiger partial charge in [0.1, 0.15) is 5.75 Å². The summed E-state index contributed by atoms with van der Waals surface area (Å²) in [6.07, 6.45) is 1.71. The first-order chi connectivity index (χ1) is 10.6. The van der Waals surface area contributed by atoms with Gasteiger partial charge in [0.25, 0.3) is 5.91 Å². The lowest BCUT2D eigenvalue weighted by Crippen LogP contribution is -2.21. The molecule has 0 fully saturated rings. The number of hydrogen-bond acceptors (Lipinski definition) is 3. The van der Waals surface area contributed by atoms with E-state index in [4.69, 9.17) is 11.6 Å². The number of halogens is 1. The van der Waals surface area contributed by atoms with Gasteiger partial charge in [0.15, 0.2) is 0 Å². The normalized spacial score (nSPS) is 16.3. The number of hydrogen-bond donors (Lipinski definition) is 1. The van der Waals surface area contributed by atoms with Crippen LogP contribution >= 0.6 is 11.6 Å². The molecule has 1 aliphatic heterocycles. The highest BCUT2D eigenvalue weighted by atomic mass is 35.5. The molecule has 2 aromatic rings.